The molecule has 5 atom stereocenters. The molecule has 0 radical (unpaired) electrons. The average Bonchev–Trinajstić information content (AvgIpc) is 2.88. The Labute approximate surface area is 201 Å². The Morgan fingerprint density at radius 2 is 1.15 bits per heavy atom. The summed E-state index contributed by atoms with van der Waals surface area (Å²) in [6.45, 7) is 1.21. The number of aliphatic hydroxyl groups is 1. The molecule has 2 heterocycles. The van der Waals surface area contributed by atoms with Crippen molar-refractivity contribution in [1.82, 2.24) is 0 Å². The second kappa shape index (κ2) is 10.8. The smallest absolute Gasteiger partial charge is 0.195 e. The van der Waals surface area contributed by atoms with Crippen LogP contribution < -0.4 is 0 Å². The number of hydrogen-bond donors (Lipinski definition) is 1. The molecule has 0 spiro atoms. The number of fused-ring (bicyclic) bond motifs is 2. The quantitative estimate of drug-likeness (QED) is 0.486. The predicted molar refractivity (Wildman–Crippen MR) is 129 cm³/mol. The van der Waals surface area contributed by atoms with Crippen LogP contribution in [0.5, 0.6) is 0 Å². The van der Waals surface area contributed by atoms with Crippen molar-refractivity contribution in [3.05, 3.63) is 108 Å². The van der Waals surface area contributed by atoms with Gasteiger partial charge in [0, 0.05) is 6.42 Å². The molecule has 178 valence electrons. The lowest BCUT2D eigenvalue weighted by Crippen LogP contribution is -2.67. The zero-order valence-electron chi connectivity index (χ0n) is 19.3. The van der Waals surface area contributed by atoms with E-state index in [1.807, 2.05) is 91.0 Å². The Morgan fingerprint density at radius 1 is 0.676 bits per heavy atom. The van der Waals surface area contributed by atoms with Crippen molar-refractivity contribution in [2.45, 2.75) is 69.3 Å². The fraction of sp³-hybridized carbons (Fsp3) is 0.379. The molecule has 0 aromatic heterocycles. The van der Waals surface area contributed by atoms with Gasteiger partial charge in [-0.1, -0.05) is 91.0 Å². The van der Waals surface area contributed by atoms with Gasteiger partial charge in [0.2, 0.25) is 0 Å². The van der Waals surface area contributed by atoms with Crippen molar-refractivity contribution in [3.63, 3.8) is 0 Å². The van der Waals surface area contributed by atoms with Crippen LogP contribution >= 0.6 is 0 Å². The van der Waals surface area contributed by atoms with E-state index in [1.165, 1.54) is 0 Å². The maximum absolute atomic E-state index is 11.5. The van der Waals surface area contributed by atoms with Crippen LogP contribution in [-0.2, 0) is 38.8 Å². The first-order chi connectivity index (χ1) is 16.7. The molecule has 1 N–H and O–H groups in total. The summed E-state index contributed by atoms with van der Waals surface area (Å²) in [6.07, 6.45) is 0.427. The van der Waals surface area contributed by atoms with E-state index in [9.17, 15) is 5.11 Å². The molecule has 5 nitrogen and oxygen atoms in total. The summed E-state index contributed by atoms with van der Waals surface area (Å²) in [7, 11) is 0. The third kappa shape index (κ3) is 5.40. The summed E-state index contributed by atoms with van der Waals surface area (Å²) in [5, 5.41) is 11.5. The van der Waals surface area contributed by atoms with Crippen LogP contribution in [0.25, 0.3) is 0 Å². The summed E-state index contributed by atoms with van der Waals surface area (Å²) < 4.78 is 25.5. The third-order valence-corrected chi connectivity index (χ3v) is 6.66. The van der Waals surface area contributed by atoms with E-state index < -0.39 is 18.0 Å². The van der Waals surface area contributed by atoms with Gasteiger partial charge < -0.3 is 24.1 Å². The standard InChI is InChI=1S/C29H32O5/c30-29-18-10-17-25(34-29)26(31-19-22-11-4-1-5-12-22)27(32-20-23-13-6-2-7-14-23)28(29)33-21-24-15-8-3-9-16-24/h1-9,11-16,25-28,30H,10,17-21H2/t25-,26+,27-,28+,29+/m0/s1. The largest absolute Gasteiger partial charge is 0.368 e. The first kappa shape index (κ1) is 23.2. The fourth-order valence-corrected chi connectivity index (χ4v) is 4.92. The predicted octanol–water partition coefficient (Wildman–Crippen LogP) is 5.01. The minimum atomic E-state index is -1.40. The lowest BCUT2D eigenvalue weighted by atomic mass is 9.82. The normalized spacial score (nSPS) is 28.5. The zero-order valence-corrected chi connectivity index (χ0v) is 19.3. The molecule has 0 unspecified atom stereocenters. The Morgan fingerprint density at radius 3 is 1.68 bits per heavy atom. The van der Waals surface area contributed by atoms with E-state index in [2.05, 4.69) is 0 Å². The van der Waals surface area contributed by atoms with Crippen LogP contribution in [0.4, 0.5) is 0 Å². The molecule has 5 rings (SSSR count). The average molecular weight is 461 g/mol. The van der Waals surface area contributed by atoms with Gasteiger partial charge in [-0.3, -0.25) is 0 Å². The molecule has 2 fully saturated rings. The number of benzene rings is 3. The summed E-state index contributed by atoms with van der Waals surface area (Å²) in [6, 6.07) is 30.1. The van der Waals surface area contributed by atoms with Crippen LogP contribution in [0.3, 0.4) is 0 Å². The van der Waals surface area contributed by atoms with Crippen LogP contribution in [0.15, 0.2) is 91.0 Å². The molecular weight excluding hydrogens is 428 g/mol. The van der Waals surface area contributed by atoms with Gasteiger partial charge in [0.05, 0.1) is 25.9 Å². The summed E-state index contributed by atoms with van der Waals surface area (Å²) in [5.74, 6) is -1.40. The number of rotatable bonds is 9. The van der Waals surface area contributed by atoms with E-state index in [0.29, 0.717) is 26.2 Å². The van der Waals surface area contributed by atoms with Gasteiger partial charge in [-0.05, 0) is 29.5 Å². The maximum atomic E-state index is 11.5. The molecule has 34 heavy (non-hydrogen) atoms. The molecule has 2 bridgehead atoms. The van der Waals surface area contributed by atoms with Crippen LogP contribution in [0, 0.1) is 0 Å². The molecule has 2 aliphatic rings. The van der Waals surface area contributed by atoms with Gasteiger partial charge in [0.1, 0.15) is 18.3 Å². The first-order valence-corrected chi connectivity index (χ1v) is 12.1. The van der Waals surface area contributed by atoms with Gasteiger partial charge in [-0.25, -0.2) is 0 Å². The SMILES string of the molecule is O[C@]12CCC[C@H](O1)[C@@H](OCc1ccccc1)[C@H](OCc1ccccc1)[C@H]2OCc1ccccc1. The zero-order chi connectivity index (χ0) is 23.2. The van der Waals surface area contributed by atoms with E-state index in [-0.39, 0.29) is 12.2 Å². The highest BCUT2D eigenvalue weighted by atomic mass is 16.7. The number of ether oxygens (including phenoxy) is 4. The molecule has 3 aromatic carbocycles. The maximum Gasteiger partial charge on any atom is 0.195 e. The molecular formula is C29H32O5. The van der Waals surface area contributed by atoms with E-state index in [0.717, 1.165) is 29.5 Å². The van der Waals surface area contributed by atoms with Crippen molar-refractivity contribution >= 4 is 0 Å². The monoisotopic (exact) mass is 460 g/mol. The second-order valence-corrected chi connectivity index (χ2v) is 9.13. The highest BCUT2D eigenvalue weighted by Gasteiger charge is 2.57. The highest BCUT2D eigenvalue weighted by Crippen LogP contribution is 2.42. The Bertz CT molecular complexity index is 1010. The highest BCUT2D eigenvalue weighted by molar-refractivity contribution is 5.16. The molecule has 0 aliphatic carbocycles. The summed E-state index contributed by atoms with van der Waals surface area (Å²) in [5.41, 5.74) is 3.19. The minimum absolute atomic E-state index is 0.250. The van der Waals surface area contributed by atoms with Crippen molar-refractivity contribution < 1.29 is 24.1 Å². The molecule has 3 aromatic rings. The van der Waals surface area contributed by atoms with Crippen molar-refractivity contribution in [1.29, 1.82) is 0 Å². The summed E-state index contributed by atoms with van der Waals surface area (Å²) in [4.78, 5) is 0. The summed E-state index contributed by atoms with van der Waals surface area (Å²) >= 11 is 0. The molecule has 2 aliphatic heterocycles. The van der Waals surface area contributed by atoms with Crippen LogP contribution in [-0.4, -0.2) is 35.3 Å². The van der Waals surface area contributed by atoms with E-state index in [1.54, 1.807) is 0 Å². The third-order valence-electron chi connectivity index (χ3n) is 6.66. The van der Waals surface area contributed by atoms with Gasteiger partial charge in [0.15, 0.2) is 5.79 Å². The first-order valence-electron chi connectivity index (χ1n) is 12.1. The lowest BCUT2D eigenvalue weighted by Gasteiger charge is -2.53. The Balaban J connectivity index is 1.39. The van der Waals surface area contributed by atoms with Crippen LogP contribution in [0.2, 0.25) is 0 Å². The van der Waals surface area contributed by atoms with Crippen LogP contribution in [0.1, 0.15) is 36.0 Å². The minimum Gasteiger partial charge on any atom is -0.368 e. The van der Waals surface area contributed by atoms with Crippen molar-refractivity contribution in [2.75, 3.05) is 0 Å². The molecule has 0 saturated carbocycles. The van der Waals surface area contributed by atoms with Crippen molar-refractivity contribution in [3.8, 4) is 0 Å². The van der Waals surface area contributed by atoms with Gasteiger partial charge in [-0.2, -0.15) is 0 Å². The molecule has 2 saturated heterocycles. The lowest BCUT2D eigenvalue weighted by molar-refractivity contribution is -0.380. The molecule has 5 heteroatoms. The van der Waals surface area contributed by atoms with Gasteiger partial charge >= 0.3 is 0 Å². The second-order valence-electron chi connectivity index (χ2n) is 9.13. The Kier molecular flexibility index (Phi) is 7.38. The fourth-order valence-electron chi connectivity index (χ4n) is 4.92. The van der Waals surface area contributed by atoms with Gasteiger partial charge in [0.25, 0.3) is 0 Å². The van der Waals surface area contributed by atoms with Crippen molar-refractivity contribution in [2.24, 2.45) is 0 Å². The van der Waals surface area contributed by atoms with Gasteiger partial charge in [-0.15, -0.1) is 0 Å². The molecule has 0 amide bonds. The topological polar surface area (TPSA) is 57.2 Å². The number of hydrogen-bond acceptors (Lipinski definition) is 5. The van der Waals surface area contributed by atoms with E-state index >= 15 is 0 Å². The Hall–Kier alpha value is -2.54. The van der Waals surface area contributed by atoms with E-state index in [4.69, 9.17) is 18.9 Å².